The van der Waals surface area contributed by atoms with Crippen molar-refractivity contribution in [3.63, 3.8) is 0 Å². The molecule has 0 aliphatic rings. The van der Waals surface area contributed by atoms with E-state index in [4.69, 9.17) is 0 Å². The molecule has 4 aromatic rings. The van der Waals surface area contributed by atoms with E-state index in [-0.39, 0.29) is 12.1 Å². The average molecular weight is 652 g/mol. The fourth-order valence-corrected chi connectivity index (χ4v) is 6.04. The summed E-state index contributed by atoms with van der Waals surface area (Å²) in [7, 11) is -5.10. The van der Waals surface area contributed by atoms with Crippen molar-refractivity contribution in [2.24, 2.45) is 0 Å². The van der Waals surface area contributed by atoms with Crippen molar-refractivity contribution in [3.05, 3.63) is 99.4 Å². The van der Waals surface area contributed by atoms with E-state index in [1.54, 1.807) is 0 Å². The lowest BCUT2D eigenvalue weighted by Gasteiger charge is -2.25. The van der Waals surface area contributed by atoms with Crippen LogP contribution in [0.3, 0.4) is 0 Å². The lowest BCUT2D eigenvalue weighted by molar-refractivity contribution is 0.381. The van der Waals surface area contributed by atoms with Crippen molar-refractivity contribution in [1.82, 2.24) is 0 Å². The molecule has 0 saturated heterocycles. The van der Waals surface area contributed by atoms with E-state index in [0.717, 1.165) is 0 Å². The Kier molecular flexibility index (Phi) is 7.87. The van der Waals surface area contributed by atoms with Gasteiger partial charge in [0.2, 0.25) is 17.5 Å². The number of halogens is 16. The zero-order chi connectivity index (χ0) is 32.6. The van der Waals surface area contributed by atoms with Crippen LogP contribution < -0.4 is 5.19 Å². The summed E-state index contributed by atoms with van der Waals surface area (Å²) in [5.74, 6) is -40.9. The van der Waals surface area contributed by atoms with Crippen molar-refractivity contribution < 1.29 is 70.0 Å². The van der Waals surface area contributed by atoms with Gasteiger partial charge in [-0.1, -0.05) is 0 Å². The molecule has 4 rings (SSSR count). The highest BCUT2D eigenvalue weighted by molar-refractivity contribution is 6.86. The number of benzene rings is 4. The molecule has 0 radical (unpaired) electrons. The number of hydrogen-bond acceptors (Lipinski definition) is 0. The maximum atomic E-state index is 15.8. The lowest BCUT2D eigenvalue weighted by Crippen LogP contribution is -2.40. The number of hydrogen-bond donors (Lipinski definition) is 0. The van der Waals surface area contributed by atoms with Crippen LogP contribution >= 0.6 is 0 Å². The van der Waals surface area contributed by atoms with E-state index in [2.05, 4.69) is 0 Å². The zero-order valence-corrected chi connectivity index (χ0v) is 21.7. The van der Waals surface area contributed by atoms with Crippen LogP contribution in [-0.4, -0.2) is 8.41 Å². The van der Waals surface area contributed by atoms with Crippen molar-refractivity contribution >= 4 is 13.6 Å². The molecule has 4 aromatic carbocycles. The van der Waals surface area contributed by atoms with Gasteiger partial charge < -0.3 is 4.11 Å². The molecule has 43 heavy (non-hydrogen) atoms. The molecule has 0 unspecified atom stereocenters. The second-order valence-electron chi connectivity index (χ2n) is 9.25. The van der Waals surface area contributed by atoms with Gasteiger partial charge in [-0.3, -0.25) is 0 Å². The van der Waals surface area contributed by atoms with Gasteiger partial charge in [-0.2, -0.15) is 0 Å². The van der Waals surface area contributed by atoms with E-state index in [9.17, 15) is 65.9 Å². The Bertz CT molecular complexity index is 1680. The van der Waals surface area contributed by atoms with Crippen LogP contribution in [0.4, 0.5) is 70.0 Å². The van der Waals surface area contributed by atoms with Gasteiger partial charge in [-0.25, -0.2) is 65.9 Å². The summed E-state index contributed by atoms with van der Waals surface area (Å²) in [5, 5.41) is -1.45. The van der Waals surface area contributed by atoms with E-state index in [0.29, 0.717) is 13.1 Å². The molecule has 0 saturated carbocycles. The topological polar surface area (TPSA) is 0 Å². The van der Waals surface area contributed by atoms with Crippen molar-refractivity contribution in [2.45, 2.75) is 13.1 Å². The molecule has 0 amide bonds. The van der Waals surface area contributed by atoms with Crippen LogP contribution in [0.1, 0.15) is 0 Å². The van der Waals surface area contributed by atoms with Gasteiger partial charge in [0.05, 0.1) is 16.7 Å². The standard InChI is InChI=1S/C26H8F16Si/c1-43(2,42)26-6(9-13(29)19(35)24(40)20(36)14(9)30)3-5(8-11(27)17(33)23(39)18(34)12(8)28)4-7(26)10-15(31)21(37)25(41)22(38)16(10)32/h3-4H,1-2H3. The lowest BCUT2D eigenvalue weighted by atomic mass is 9.91. The Balaban J connectivity index is 2.40. The molecule has 0 aromatic heterocycles. The normalized spacial score (nSPS) is 12.0. The van der Waals surface area contributed by atoms with Gasteiger partial charge in [0, 0.05) is 0 Å². The maximum Gasteiger partial charge on any atom is 0.272 e. The fraction of sp³-hybridized carbons (Fsp3) is 0.0769. The van der Waals surface area contributed by atoms with Crippen LogP contribution in [0.25, 0.3) is 33.4 Å². The van der Waals surface area contributed by atoms with Gasteiger partial charge >= 0.3 is 0 Å². The van der Waals surface area contributed by atoms with Crippen LogP contribution in [0.5, 0.6) is 0 Å². The third-order valence-corrected chi connectivity index (χ3v) is 7.92. The number of rotatable bonds is 4. The van der Waals surface area contributed by atoms with Crippen LogP contribution in [0.2, 0.25) is 13.1 Å². The van der Waals surface area contributed by atoms with Gasteiger partial charge in [-0.15, -0.1) is 0 Å². The summed E-state index contributed by atoms with van der Waals surface area (Å²) in [6.45, 7) is 1.09. The molecule has 0 atom stereocenters. The van der Waals surface area contributed by atoms with E-state index in [1.165, 1.54) is 0 Å². The predicted octanol–water partition coefficient (Wildman–Crippen LogP) is 9.16. The third kappa shape index (κ3) is 4.73. The predicted molar refractivity (Wildman–Crippen MR) is 120 cm³/mol. The SMILES string of the molecule is C[Si](C)(F)c1c(-c2c(F)c(F)c(F)c(F)c2F)cc(-c2c(F)c(F)c(F)c(F)c2F)cc1-c1c(F)c(F)c(F)c(F)c1F. The van der Waals surface area contributed by atoms with Crippen LogP contribution in [0, 0.1) is 87.3 Å². The molecule has 0 N–H and O–H groups in total. The Morgan fingerprint density at radius 1 is 0.349 bits per heavy atom. The summed E-state index contributed by atoms with van der Waals surface area (Å²) in [6, 6.07) is -0.0640. The molecule has 0 aliphatic carbocycles. The largest absolute Gasteiger partial charge is 0.308 e. The Hall–Kier alpha value is -4.02. The molecule has 0 spiro atoms. The van der Waals surface area contributed by atoms with Crippen LogP contribution in [-0.2, 0) is 0 Å². The highest BCUT2D eigenvalue weighted by Gasteiger charge is 2.39. The van der Waals surface area contributed by atoms with Crippen molar-refractivity contribution in [1.29, 1.82) is 0 Å². The van der Waals surface area contributed by atoms with Gasteiger partial charge in [-0.05, 0) is 47.1 Å². The Morgan fingerprint density at radius 2 is 0.558 bits per heavy atom. The maximum absolute atomic E-state index is 15.8. The minimum Gasteiger partial charge on any atom is -0.308 e. The molecule has 0 aliphatic heterocycles. The smallest absolute Gasteiger partial charge is 0.272 e. The molecule has 17 heteroatoms. The molecular weight excluding hydrogens is 644 g/mol. The van der Waals surface area contributed by atoms with E-state index in [1.807, 2.05) is 0 Å². The highest BCUT2D eigenvalue weighted by atomic mass is 28.4. The van der Waals surface area contributed by atoms with Crippen molar-refractivity contribution in [2.75, 3.05) is 0 Å². The summed E-state index contributed by atoms with van der Waals surface area (Å²) >= 11 is 0. The fourth-order valence-electron chi connectivity index (χ4n) is 4.36. The first kappa shape index (κ1) is 31.9. The van der Waals surface area contributed by atoms with Crippen molar-refractivity contribution in [3.8, 4) is 33.4 Å². The van der Waals surface area contributed by atoms with E-state index < -0.39 is 134 Å². The average Bonchev–Trinajstić information content (AvgIpc) is 2.94. The summed E-state index contributed by atoms with van der Waals surface area (Å²) in [6.07, 6.45) is 0. The monoisotopic (exact) mass is 652 g/mol. The molecular formula is C26H8F16Si. The first-order valence-corrected chi connectivity index (χ1v) is 14.1. The van der Waals surface area contributed by atoms with Crippen LogP contribution in [0.15, 0.2) is 12.1 Å². The molecule has 0 heterocycles. The molecule has 0 fully saturated rings. The summed E-state index contributed by atoms with van der Waals surface area (Å²) < 4.78 is 231. The Labute approximate surface area is 230 Å². The second kappa shape index (κ2) is 10.6. The first-order chi connectivity index (χ1) is 19.7. The zero-order valence-electron chi connectivity index (χ0n) is 20.7. The summed E-state index contributed by atoms with van der Waals surface area (Å²) in [4.78, 5) is 0. The quantitative estimate of drug-likeness (QED) is 0.0679. The summed E-state index contributed by atoms with van der Waals surface area (Å²) in [5.41, 5.74) is -11.2. The minimum absolute atomic E-state index is 0.0320. The molecule has 0 bridgehead atoms. The third-order valence-electron chi connectivity index (χ3n) is 6.19. The highest BCUT2D eigenvalue weighted by Crippen LogP contribution is 2.42. The van der Waals surface area contributed by atoms with Gasteiger partial charge in [0.15, 0.2) is 69.8 Å². The van der Waals surface area contributed by atoms with Gasteiger partial charge in [0.1, 0.15) is 0 Å². The minimum atomic E-state index is -5.10. The molecule has 228 valence electrons. The Morgan fingerprint density at radius 3 is 0.791 bits per heavy atom. The second-order valence-corrected chi connectivity index (χ2v) is 12.7. The van der Waals surface area contributed by atoms with Gasteiger partial charge in [0.25, 0.3) is 8.41 Å². The van der Waals surface area contributed by atoms with E-state index >= 15 is 4.11 Å². The first-order valence-electron chi connectivity index (χ1n) is 11.2. The molecule has 0 nitrogen and oxygen atoms in total.